The number of carbonyl (C=O) groups is 2. The van der Waals surface area contributed by atoms with E-state index in [1.165, 1.54) is 4.31 Å². The summed E-state index contributed by atoms with van der Waals surface area (Å²) in [6.07, 6.45) is 3.34. The fraction of sp³-hybridized carbons (Fsp3) is 0.636. The Morgan fingerprint density at radius 1 is 1.00 bits per heavy atom. The molecule has 0 atom stereocenters. The van der Waals surface area contributed by atoms with Gasteiger partial charge in [-0.3, -0.25) is 4.79 Å². The van der Waals surface area contributed by atoms with Gasteiger partial charge in [-0.2, -0.15) is 0 Å². The third-order valence-corrected chi connectivity index (χ3v) is 8.35. The van der Waals surface area contributed by atoms with Gasteiger partial charge in [0.1, 0.15) is 0 Å². The van der Waals surface area contributed by atoms with Gasteiger partial charge in [0.15, 0.2) is 0 Å². The molecule has 0 aliphatic carbocycles. The van der Waals surface area contributed by atoms with E-state index >= 15 is 0 Å². The first-order valence-corrected chi connectivity index (χ1v) is 13.4. The Hall–Kier alpha value is -1.84. The zero-order chi connectivity index (χ0) is 23.1. The molecule has 178 valence electrons. The summed E-state index contributed by atoms with van der Waals surface area (Å²) >= 11 is 5.89. The highest BCUT2D eigenvalue weighted by Gasteiger charge is 2.33. The van der Waals surface area contributed by atoms with Gasteiger partial charge in [0, 0.05) is 55.9 Å². The number of nitrogens with one attached hydrogen (secondary N) is 1. The van der Waals surface area contributed by atoms with Gasteiger partial charge in [0.25, 0.3) is 0 Å². The van der Waals surface area contributed by atoms with Crippen molar-refractivity contribution in [1.82, 2.24) is 14.1 Å². The van der Waals surface area contributed by atoms with Gasteiger partial charge >= 0.3 is 6.03 Å². The van der Waals surface area contributed by atoms with Gasteiger partial charge in [-0.25, -0.2) is 17.5 Å². The quantitative estimate of drug-likeness (QED) is 0.671. The number of benzene rings is 1. The molecule has 0 spiro atoms. The summed E-state index contributed by atoms with van der Waals surface area (Å²) in [5.74, 6) is 0.111. The Morgan fingerprint density at radius 2 is 1.62 bits per heavy atom. The van der Waals surface area contributed by atoms with Crippen LogP contribution in [0.5, 0.6) is 0 Å². The lowest BCUT2D eigenvalue weighted by Crippen LogP contribution is -2.46. The highest BCUT2D eigenvalue weighted by Crippen LogP contribution is 2.23. The van der Waals surface area contributed by atoms with Crippen LogP contribution in [0.3, 0.4) is 0 Å². The molecule has 2 fully saturated rings. The number of amides is 3. The molecule has 0 unspecified atom stereocenters. The van der Waals surface area contributed by atoms with Crippen molar-refractivity contribution >= 4 is 39.2 Å². The van der Waals surface area contributed by atoms with Gasteiger partial charge in [-0.1, -0.05) is 24.9 Å². The topological polar surface area (TPSA) is 90.0 Å². The maximum Gasteiger partial charge on any atom is 0.321 e. The van der Waals surface area contributed by atoms with Crippen LogP contribution in [0.15, 0.2) is 24.3 Å². The van der Waals surface area contributed by atoms with Gasteiger partial charge in [-0.05, 0) is 49.9 Å². The summed E-state index contributed by atoms with van der Waals surface area (Å²) < 4.78 is 26.3. The van der Waals surface area contributed by atoms with E-state index in [0.29, 0.717) is 75.7 Å². The molecule has 32 heavy (non-hydrogen) atoms. The Balaban J connectivity index is 1.48. The molecule has 1 aromatic rings. The number of unbranched alkanes of at least 4 members (excludes halogenated alkanes) is 1. The molecular weight excluding hydrogens is 452 g/mol. The van der Waals surface area contributed by atoms with Crippen molar-refractivity contribution in [2.75, 3.05) is 50.3 Å². The van der Waals surface area contributed by atoms with E-state index in [-0.39, 0.29) is 23.6 Å². The summed E-state index contributed by atoms with van der Waals surface area (Å²) in [7, 11) is -3.22. The van der Waals surface area contributed by atoms with Gasteiger partial charge in [0.05, 0.1) is 5.75 Å². The van der Waals surface area contributed by atoms with Crippen LogP contribution in [0.1, 0.15) is 39.0 Å². The predicted octanol–water partition coefficient (Wildman–Crippen LogP) is 3.25. The lowest BCUT2D eigenvalue weighted by Gasteiger charge is -2.33. The van der Waals surface area contributed by atoms with Crippen molar-refractivity contribution in [3.05, 3.63) is 29.3 Å². The zero-order valence-electron chi connectivity index (χ0n) is 18.6. The number of nitrogens with zero attached hydrogens (tertiary/aromatic N) is 3. The second-order valence-electron chi connectivity index (χ2n) is 8.45. The molecule has 0 aromatic heterocycles. The minimum atomic E-state index is -3.22. The minimum Gasteiger partial charge on any atom is -0.341 e. The normalized spacial score (nSPS) is 18.9. The summed E-state index contributed by atoms with van der Waals surface area (Å²) in [5, 5.41) is 3.48. The fourth-order valence-corrected chi connectivity index (χ4v) is 5.98. The van der Waals surface area contributed by atoms with Crippen LogP contribution in [-0.4, -0.2) is 79.5 Å². The molecule has 2 aliphatic heterocycles. The second kappa shape index (κ2) is 11.3. The molecule has 0 radical (unpaired) electrons. The van der Waals surface area contributed by atoms with Crippen molar-refractivity contribution in [2.45, 2.75) is 39.0 Å². The molecule has 0 saturated carbocycles. The lowest BCUT2D eigenvalue weighted by molar-refractivity contribution is -0.136. The van der Waals surface area contributed by atoms with Crippen LogP contribution in [0.25, 0.3) is 0 Å². The van der Waals surface area contributed by atoms with Crippen molar-refractivity contribution < 1.29 is 18.0 Å². The summed E-state index contributed by atoms with van der Waals surface area (Å²) in [5.41, 5.74) is 0.678. The molecule has 8 nitrogen and oxygen atoms in total. The molecule has 1 N–H and O–H groups in total. The third-order valence-electron chi connectivity index (χ3n) is 6.14. The highest BCUT2D eigenvalue weighted by molar-refractivity contribution is 7.89. The van der Waals surface area contributed by atoms with E-state index < -0.39 is 10.0 Å². The van der Waals surface area contributed by atoms with E-state index in [0.717, 1.165) is 6.42 Å². The third kappa shape index (κ3) is 6.59. The zero-order valence-corrected chi connectivity index (χ0v) is 20.2. The first kappa shape index (κ1) is 24.8. The van der Waals surface area contributed by atoms with E-state index in [2.05, 4.69) is 5.32 Å². The summed E-state index contributed by atoms with van der Waals surface area (Å²) in [4.78, 5) is 29.2. The van der Waals surface area contributed by atoms with Crippen LogP contribution >= 0.6 is 11.6 Å². The van der Waals surface area contributed by atoms with Crippen LogP contribution in [-0.2, 0) is 14.8 Å². The van der Waals surface area contributed by atoms with Crippen molar-refractivity contribution in [2.24, 2.45) is 5.92 Å². The highest BCUT2D eigenvalue weighted by atomic mass is 35.5. The summed E-state index contributed by atoms with van der Waals surface area (Å²) in [6, 6.07) is 6.76. The van der Waals surface area contributed by atoms with Crippen LogP contribution in [0.4, 0.5) is 10.5 Å². The monoisotopic (exact) mass is 484 g/mol. The van der Waals surface area contributed by atoms with Crippen LogP contribution < -0.4 is 5.32 Å². The van der Waals surface area contributed by atoms with Crippen molar-refractivity contribution in [3.8, 4) is 0 Å². The number of urea groups is 1. The SMILES string of the molecule is CCCCS(=O)(=O)N1CCC(C(=O)N2CCCN(C(=O)Nc3ccc(Cl)cc3)CC2)CC1. The summed E-state index contributed by atoms with van der Waals surface area (Å²) in [6.45, 7) is 4.94. The number of rotatable bonds is 6. The second-order valence-corrected chi connectivity index (χ2v) is 11.0. The minimum absolute atomic E-state index is 0.0792. The number of hydrogen-bond donors (Lipinski definition) is 1. The van der Waals surface area contributed by atoms with E-state index in [4.69, 9.17) is 11.6 Å². The molecule has 0 bridgehead atoms. The molecule has 10 heteroatoms. The van der Waals surface area contributed by atoms with Crippen molar-refractivity contribution in [1.29, 1.82) is 0 Å². The predicted molar refractivity (Wildman–Crippen MR) is 126 cm³/mol. The van der Waals surface area contributed by atoms with Gasteiger partial charge in [-0.15, -0.1) is 0 Å². The molecule has 1 aromatic carbocycles. The number of sulfonamides is 1. The Bertz CT molecular complexity index is 886. The number of anilines is 1. The van der Waals surface area contributed by atoms with Crippen LogP contribution in [0, 0.1) is 5.92 Å². The van der Waals surface area contributed by atoms with E-state index in [1.807, 2.05) is 11.8 Å². The average Bonchev–Trinajstić information content (AvgIpc) is 3.05. The van der Waals surface area contributed by atoms with E-state index in [1.54, 1.807) is 29.2 Å². The van der Waals surface area contributed by atoms with Gasteiger partial charge in [0.2, 0.25) is 15.9 Å². The number of piperidine rings is 1. The largest absolute Gasteiger partial charge is 0.341 e. The lowest BCUT2D eigenvalue weighted by atomic mass is 9.96. The van der Waals surface area contributed by atoms with Crippen LogP contribution in [0.2, 0.25) is 5.02 Å². The number of halogens is 1. The van der Waals surface area contributed by atoms with Crippen molar-refractivity contribution in [3.63, 3.8) is 0 Å². The maximum absolute atomic E-state index is 13.1. The standard InChI is InChI=1S/C22H33ClN4O4S/c1-2-3-17-32(30,31)27-13-9-18(10-14-27)21(28)25-11-4-12-26(16-15-25)22(29)24-20-7-5-19(23)6-8-20/h5-8,18H,2-4,9-17H2,1H3,(H,24,29). The molecule has 2 heterocycles. The Labute approximate surface area is 195 Å². The molecule has 3 amide bonds. The Kier molecular flexibility index (Phi) is 8.79. The first-order chi connectivity index (χ1) is 15.3. The maximum atomic E-state index is 13.1. The fourth-order valence-electron chi connectivity index (χ4n) is 4.17. The van der Waals surface area contributed by atoms with E-state index in [9.17, 15) is 18.0 Å². The molecule has 2 saturated heterocycles. The number of hydrogen-bond acceptors (Lipinski definition) is 4. The van der Waals surface area contributed by atoms with Gasteiger partial charge < -0.3 is 15.1 Å². The molecule has 2 aliphatic rings. The number of carbonyl (C=O) groups excluding carboxylic acids is 2. The molecular formula is C22H33ClN4O4S. The Morgan fingerprint density at radius 3 is 2.28 bits per heavy atom. The molecule has 3 rings (SSSR count). The average molecular weight is 485 g/mol. The first-order valence-electron chi connectivity index (χ1n) is 11.4. The smallest absolute Gasteiger partial charge is 0.321 e.